The molecule has 3 aromatic rings. The molecule has 3 rings (SSSR count). The Labute approximate surface area is 194 Å². The van der Waals surface area contributed by atoms with Crippen LogP contribution in [0.2, 0.25) is 0 Å². The maximum atomic E-state index is 12.8. The van der Waals surface area contributed by atoms with Gasteiger partial charge in [-0.05, 0) is 54.7 Å². The van der Waals surface area contributed by atoms with Crippen LogP contribution >= 0.6 is 11.3 Å². The molecule has 9 heteroatoms. The lowest BCUT2D eigenvalue weighted by molar-refractivity contribution is -0.121. The number of aryl methyl sites for hydroxylation is 2. The van der Waals surface area contributed by atoms with Gasteiger partial charge in [-0.15, -0.1) is 11.3 Å². The number of carbonyl (C=O) groups is 1. The average Bonchev–Trinajstić information content (AvgIpc) is 3.28. The topological polar surface area (TPSA) is 101 Å². The number of benzene rings is 2. The Hall–Kier alpha value is -2.75. The van der Waals surface area contributed by atoms with Crippen LogP contribution in [0.4, 0.5) is 5.69 Å². The number of thiazole rings is 1. The first-order chi connectivity index (χ1) is 15.5. The first-order valence-electron chi connectivity index (χ1n) is 10.3. The number of methoxy groups -OCH3 is 1. The van der Waals surface area contributed by atoms with E-state index in [0.29, 0.717) is 24.9 Å². The number of rotatable bonds is 11. The molecule has 0 bridgehead atoms. The van der Waals surface area contributed by atoms with Crippen LogP contribution in [-0.4, -0.2) is 26.8 Å². The van der Waals surface area contributed by atoms with Crippen molar-refractivity contribution in [3.05, 3.63) is 75.7 Å². The van der Waals surface area contributed by atoms with Gasteiger partial charge in [0.05, 0.1) is 18.8 Å². The fraction of sp³-hybridized carbons (Fsp3) is 0.304. The van der Waals surface area contributed by atoms with Crippen molar-refractivity contribution in [2.75, 3.05) is 11.8 Å². The Morgan fingerprint density at radius 2 is 2.00 bits per heavy atom. The molecule has 170 valence electrons. The Balaban J connectivity index is 1.68. The Bertz CT molecular complexity index is 1050. The highest BCUT2D eigenvalue weighted by Crippen LogP contribution is 2.24. The van der Waals surface area contributed by atoms with Crippen LogP contribution in [0.1, 0.15) is 41.2 Å². The number of nitrogens with zero attached hydrogens (tertiary/aromatic N) is 1. The van der Waals surface area contributed by atoms with E-state index in [4.69, 9.17) is 9.29 Å². The van der Waals surface area contributed by atoms with Gasteiger partial charge in [0.25, 0.3) is 11.3 Å². The maximum absolute atomic E-state index is 12.8. The Morgan fingerprint density at radius 3 is 2.66 bits per heavy atom. The smallest absolute Gasteiger partial charge is 0.259 e. The van der Waals surface area contributed by atoms with Gasteiger partial charge in [-0.1, -0.05) is 31.2 Å². The van der Waals surface area contributed by atoms with E-state index in [-0.39, 0.29) is 11.9 Å². The number of hydrogen-bond acceptors (Lipinski definition) is 5. The second kappa shape index (κ2) is 11.8. The molecule has 0 aliphatic heterocycles. The summed E-state index contributed by atoms with van der Waals surface area (Å²) in [5.41, 5.74) is 3.59. The highest BCUT2D eigenvalue weighted by molar-refractivity contribution is 7.80. The molecular weight excluding hydrogens is 446 g/mol. The van der Waals surface area contributed by atoms with Crippen LogP contribution in [-0.2, 0) is 35.3 Å². The second-order valence-electron chi connectivity index (χ2n) is 7.25. The molecule has 0 saturated carbocycles. The third-order valence-electron chi connectivity index (χ3n) is 4.94. The lowest BCUT2D eigenvalue weighted by atomic mass is 10.0. The van der Waals surface area contributed by atoms with E-state index in [1.54, 1.807) is 30.6 Å². The molecule has 7 nitrogen and oxygen atoms in total. The van der Waals surface area contributed by atoms with Crippen molar-refractivity contribution in [2.45, 2.75) is 38.6 Å². The Morgan fingerprint density at radius 1 is 1.22 bits per heavy atom. The van der Waals surface area contributed by atoms with Crippen LogP contribution in [0.25, 0.3) is 0 Å². The van der Waals surface area contributed by atoms with Crippen LogP contribution in [0.15, 0.2) is 53.9 Å². The van der Waals surface area contributed by atoms with E-state index in [1.807, 2.05) is 41.8 Å². The molecule has 2 aromatic carbocycles. The maximum Gasteiger partial charge on any atom is 0.259 e. The zero-order valence-electron chi connectivity index (χ0n) is 18.0. The average molecular weight is 474 g/mol. The summed E-state index contributed by atoms with van der Waals surface area (Å²) in [6.45, 7) is 2.05. The number of carbonyl (C=O) groups excluding carboxylic acids is 1. The molecule has 0 spiro atoms. The molecule has 0 fully saturated rings. The molecule has 1 aromatic heterocycles. The summed E-state index contributed by atoms with van der Waals surface area (Å²) in [6.07, 6.45) is 2.39. The van der Waals surface area contributed by atoms with E-state index in [0.717, 1.165) is 34.0 Å². The minimum atomic E-state index is -2.11. The largest absolute Gasteiger partial charge is 0.497 e. The first kappa shape index (κ1) is 23.9. The predicted molar refractivity (Wildman–Crippen MR) is 128 cm³/mol. The zero-order valence-corrected chi connectivity index (χ0v) is 19.7. The summed E-state index contributed by atoms with van der Waals surface area (Å²) in [5.74, 6) is 0.735. The van der Waals surface area contributed by atoms with Gasteiger partial charge in [-0.3, -0.25) is 14.1 Å². The van der Waals surface area contributed by atoms with Gasteiger partial charge >= 0.3 is 0 Å². The van der Waals surface area contributed by atoms with Crippen LogP contribution in [0.5, 0.6) is 5.75 Å². The summed E-state index contributed by atoms with van der Waals surface area (Å²) in [7, 11) is 1.63. The summed E-state index contributed by atoms with van der Waals surface area (Å²) < 4.78 is 27.6. The van der Waals surface area contributed by atoms with Crippen molar-refractivity contribution in [1.82, 2.24) is 10.3 Å². The van der Waals surface area contributed by atoms with Gasteiger partial charge in [0.15, 0.2) is 0 Å². The van der Waals surface area contributed by atoms with Crippen molar-refractivity contribution < 1.29 is 18.3 Å². The van der Waals surface area contributed by atoms with Crippen LogP contribution in [0, 0.1) is 0 Å². The van der Waals surface area contributed by atoms with E-state index < -0.39 is 11.3 Å². The third kappa shape index (κ3) is 7.15. The van der Waals surface area contributed by atoms with Gasteiger partial charge in [0, 0.05) is 17.5 Å². The highest BCUT2D eigenvalue weighted by atomic mass is 32.2. The molecule has 0 radical (unpaired) electrons. The van der Waals surface area contributed by atoms with Crippen molar-refractivity contribution in [2.24, 2.45) is 0 Å². The summed E-state index contributed by atoms with van der Waals surface area (Å²) in [6, 6.07) is 14.7. The number of nitrogens with one attached hydrogen (secondary N) is 2. The standard InChI is InChI=1S/C23H27N3O4S2/c1-3-18-15-31-23(24-18)21(14-17-7-10-19(11-8-17)26-32(28)29)25-22(27)12-9-16-5-4-6-20(13-16)30-2/h4-8,10-11,13,15,21,26H,3,9,12,14H2,1-2H3,(H,25,27)(H,28,29)/t21-/m0/s1. The SMILES string of the molecule is CCc1csc([C@H](Cc2ccc(NS(=O)O)cc2)NC(=O)CCc2cccc(OC)c2)n1. The minimum absolute atomic E-state index is 0.0416. The number of ether oxygens (including phenoxy) is 1. The second-order valence-corrected chi connectivity index (χ2v) is 8.85. The molecule has 0 saturated heterocycles. The van der Waals surface area contributed by atoms with Crippen molar-refractivity contribution in [3.8, 4) is 5.75 Å². The lowest BCUT2D eigenvalue weighted by Crippen LogP contribution is -2.30. The van der Waals surface area contributed by atoms with Gasteiger partial charge in [-0.2, -0.15) is 0 Å². The first-order valence-corrected chi connectivity index (χ1v) is 12.3. The van der Waals surface area contributed by atoms with Gasteiger partial charge in [-0.25, -0.2) is 9.19 Å². The molecule has 2 atom stereocenters. The summed E-state index contributed by atoms with van der Waals surface area (Å²) in [5, 5.41) is 6.03. The fourth-order valence-electron chi connectivity index (χ4n) is 3.24. The number of anilines is 1. The number of amides is 1. The van der Waals surface area contributed by atoms with E-state index in [9.17, 15) is 9.00 Å². The normalized spacial score (nSPS) is 12.7. The fourth-order valence-corrected chi connectivity index (χ4v) is 4.53. The van der Waals surface area contributed by atoms with E-state index in [2.05, 4.69) is 21.9 Å². The molecule has 3 N–H and O–H groups in total. The molecule has 0 aliphatic rings. The van der Waals surface area contributed by atoms with Gasteiger partial charge in [0.2, 0.25) is 5.91 Å². The quantitative estimate of drug-likeness (QED) is 0.361. The highest BCUT2D eigenvalue weighted by Gasteiger charge is 2.19. The summed E-state index contributed by atoms with van der Waals surface area (Å²) in [4.78, 5) is 17.4. The number of hydrogen-bond donors (Lipinski definition) is 3. The predicted octanol–water partition coefficient (Wildman–Crippen LogP) is 4.30. The molecular formula is C23H27N3O4S2. The zero-order chi connectivity index (χ0) is 22.9. The Kier molecular flexibility index (Phi) is 8.78. The molecule has 1 heterocycles. The van der Waals surface area contributed by atoms with Gasteiger partial charge < -0.3 is 10.1 Å². The van der Waals surface area contributed by atoms with Crippen molar-refractivity contribution in [1.29, 1.82) is 0 Å². The van der Waals surface area contributed by atoms with Crippen LogP contribution in [0.3, 0.4) is 0 Å². The lowest BCUT2D eigenvalue weighted by Gasteiger charge is -2.17. The van der Waals surface area contributed by atoms with E-state index in [1.165, 1.54) is 0 Å². The van der Waals surface area contributed by atoms with Crippen LogP contribution < -0.4 is 14.8 Å². The van der Waals surface area contributed by atoms with E-state index >= 15 is 0 Å². The van der Waals surface area contributed by atoms with Gasteiger partial charge in [0.1, 0.15) is 10.8 Å². The van der Waals surface area contributed by atoms with Crippen molar-refractivity contribution in [3.63, 3.8) is 0 Å². The molecule has 32 heavy (non-hydrogen) atoms. The number of aromatic nitrogens is 1. The third-order valence-corrected chi connectivity index (χ3v) is 6.36. The molecule has 0 aliphatic carbocycles. The molecule has 1 unspecified atom stereocenters. The summed E-state index contributed by atoms with van der Waals surface area (Å²) >= 11 is -0.567. The van der Waals surface area contributed by atoms with Crippen molar-refractivity contribution >= 4 is 34.2 Å². The molecule has 1 amide bonds. The minimum Gasteiger partial charge on any atom is -0.497 e. The monoisotopic (exact) mass is 473 g/mol.